The van der Waals surface area contributed by atoms with Crippen LogP contribution in [-0.2, 0) is 15.9 Å². The van der Waals surface area contributed by atoms with Crippen LogP contribution in [0.5, 0.6) is 5.75 Å². The molecule has 1 aliphatic heterocycles. The highest BCUT2D eigenvalue weighted by Crippen LogP contribution is 2.18. The molecule has 0 bridgehead atoms. The highest BCUT2D eigenvalue weighted by Gasteiger charge is 2.27. The van der Waals surface area contributed by atoms with Gasteiger partial charge in [-0.25, -0.2) is 9.00 Å². The molecule has 33 heavy (non-hydrogen) atoms. The van der Waals surface area contributed by atoms with Crippen molar-refractivity contribution in [3.05, 3.63) is 59.2 Å². The Kier molecular flexibility index (Phi) is 9.15. The van der Waals surface area contributed by atoms with Gasteiger partial charge < -0.3 is 19.5 Å². The van der Waals surface area contributed by atoms with Crippen molar-refractivity contribution in [2.45, 2.75) is 24.8 Å². The number of amides is 4. The fourth-order valence-corrected chi connectivity index (χ4v) is 3.01. The molecule has 10 heteroatoms. The molecule has 1 fully saturated rings. The number of rotatable bonds is 4. The molecule has 2 unspecified atom stereocenters. The maximum Gasteiger partial charge on any atom is 0.322 e. The van der Waals surface area contributed by atoms with Crippen LogP contribution < -0.4 is 15.4 Å². The second-order valence-electron chi connectivity index (χ2n) is 6.94. The molecule has 0 spiro atoms. The Morgan fingerprint density at radius 2 is 1.88 bits per heavy atom. The largest absolute Gasteiger partial charge is 0.497 e. The van der Waals surface area contributed by atoms with E-state index >= 15 is 0 Å². The van der Waals surface area contributed by atoms with Gasteiger partial charge in [-0.2, -0.15) is 0 Å². The first kappa shape index (κ1) is 25.6. The zero-order valence-corrected chi connectivity index (χ0v) is 19.5. The number of nitrogens with zero attached hydrogens (tertiary/aromatic N) is 1. The average molecular weight is 472 g/mol. The van der Waals surface area contributed by atoms with Gasteiger partial charge in [-0.05, 0) is 55.8 Å². The highest BCUT2D eigenvalue weighted by molar-refractivity contribution is 7.79. The molecule has 2 atom stereocenters. The Labute approximate surface area is 194 Å². The molecule has 2 aromatic rings. The van der Waals surface area contributed by atoms with Crippen LogP contribution in [0.3, 0.4) is 0 Å². The first-order valence-electron chi connectivity index (χ1n) is 9.90. The van der Waals surface area contributed by atoms with Crippen molar-refractivity contribution < 1.29 is 27.9 Å². The van der Waals surface area contributed by atoms with Gasteiger partial charge in [0, 0.05) is 24.7 Å². The molecule has 1 aliphatic rings. The molecule has 0 radical (unpaired) electrons. The third-order valence-corrected chi connectivity index (χ3v) is 5.36. The second-order valence-corrected chi connectivity index (χ2v) is 7.91. The summed E-state index contributed by atoms with van der Waals surface area (Å²) in [7, 11) is 3.39. The van der Waals surface area contributed by atoms with Crippen molar-refractivity contribution in [2.24, 2.45) is 0 Å². The number of benzene rings is 2. The molecule has 0 aromatic heterocycles. The number of hydrogen-bond acceptors (Lipinski definition) is 5. The van der Waals surface area contributed by atoms with Gasteiger partial charge in [-0.1, -0.05) is 17.9 Å². The van der Waals surface area contributed by atoms with E-state index in [9.17, 15) is 18.6 Å². The number of urea groups is 1. The summed E-state index contributed by atoms with van der Waals surface area (Å²) in [6.07, 6.45) is 0. The van der Waals surface area contributed by atoms with Crippen molar-refractivity contribution in [1.82, 2.24) is 15.5 Å². The molecule has 2 aromatic carbocycles. The fraction of sp³-hybridized carbons (Fsp3) is 0.261. The van der Waals surface area contributed by atoms with Gasteiger partial charge in [-0.15, -0.1) is 0 Å². The minimum Gasteiger partial charge on any atom is -0.497 e. The Balaban J connectivity index is 0.000000238. The lowest BCUT2D eigenvalue weighted by Gasteiger charge is -2.16. The molecule has 0 saturated carbocycles. The van der Waals surface area contributed by atoms with Gasteiger partial charge >= 0.3 is 6.03 Å². The minimum atomic E-state index is -2.02. The maximum absolute atomic E-state index is 11.9. The van der Waals surface area contributed by atoms with Crippen molar-refractivity contribution in [3.8, 4) is 17.6 Å². The summed E-state index contributed by atoms with van der Waals surface area (Å²) in [5.41, 5.74) is 2.26. The second kappa shape index (κ2) is 11.8. The van der Waals surface area contributed by atoms with Crippen molar-refractivity contribution in [3.63, 3.8) is 0 Å². The van der Waals surface area contributed by atoms with Crippen molar-refractivity contribution in [2.75, 3.05) is 20.7 Å². The van der Waals surface area contributed by atoms with Crippen molar-refractivity contribution in [1.29, 1.82) is 0 Å². The zero-order valence-electron chi connectivity index (χ0n) is 18.7. The number of imide groups is 1. The van der Waals surface area contributed by atoms with Crippen molar-refractivity contribution >= 4 is 28.9 Å². The van der Waals surface area contributed by atoms with E-state index in [1.807, 2.05) is 26.0 Å². The summed E-state index contributed by atoms with van der Waals surface area (Å²) in [6, 6.07) is 10.2. The summed E-state index contributed by atoms with van der Waals surface area (Å²) in [6.45, 7) is 4.58. The molecule has 1 heterocycles. The van der Waals surface area contributed by atoms with E-state index < -0.39 is 29.1 Å². The quantitative estimate of drug-likeness (QED) is 0.356. The molecule has 0 aliphatic carbocycles. The molecule has 9 nitrogen and oxygen atoms in total. The predicted octanol–water partition coefficient (Wildman–Crippen LogP) is 1.92. The van der Waals surface area contributed by atoms with Gasteiger partial charge in [0.2, 0.25) is 0 Å². The molecular weight excluding hydrogens is 446 g/mol. The topological polar surface area (TPSA) is 125 Å². The number of hydrogen-bond donors (Lipinski definition) is 3. The fourth-order valence-electron chi connectivity index (χ4n) is 2.64. The molecule has 3 N–H and O–H groups in total. The van der Waals surface area contributed by atoms with Crippen LogP contribution in [-0.4, -0.2) is 58.3 Å². The number of carbonyl (C=O) groups is 3. The van der Waals surface area contributed by atoms with E-state index in [1.165, 1.54) is 12.1 Å². The van der Waals surface area contributed by atoms with E-state index in [0.717, 1.165) is 5.56 Å². The van der Waals surface area contributed by atoms with Gasteiger partial charge in [-0.3, -0.25) is 14.9 Å². The van der Waals surface area contributed by atoms with Gasteiger partial charge in [0.1, 0.15) is 5.75 Å². The van der Waals surface area contributed by atoms with Crippen LogP contribution in [0.2, 0.25) is 0 Å². The smallest absolute Gasteiger partial charge is 0.322 e. The van der Waals surface area contributed by atoms with E-state index in [1.54, 1.807) is 37.3 Å². The summed E-state index contributed by atoms with van der Waals surface area (Å²) in [5, 5.41) is 4.40. The number of methoxy groups -OCH3 is 1. The number of aryl methyl sites for hydroxylation is 1. The first-order valence-corrected chi connectivity index (χ1v) is 11.0. The van der Waals surface area contributed by atoms with Crippen LogP contribution in [0.25, 0.3) is 0 Å². The Bertz CT molecular complexity index is 1120. The van der Waals surface area contributed by atoms with E-state index in [0.29, 0.717) is 23.4 Å². The predicted molar refractivity (Wildman–Crippen MR) is 123 cm³/mol. The summed E-state index contributed by atoms with van der Waals surface area (Å²) in [4.78, 5) is 35.9. The van der Waals surface area contributed by atoms with E-state index in [4.69, 9.17) is 9.29 Å². The first-order chi connectivity index (χ1) is 15.7. The third-order valence-electron chi connectivity index (χ3n) is 4.69. The normalized spacial score (nSPS) is 15.1. The number of ether oxygens (including phenoxy) is 1. The standard InChI is InChI=1S/C12H17NO2.C11H8N2O4S/c1-5-13(3)12(14)11-8-10(15-4)7-6-9(11)2;14-10-9(12-11(15)13-10)6-3-7-1-4-8(5-2-7)18(16)17/h6-8H,5H2,1-4H3;1-2,4-5,9H,(H,16,17)(H2,12,13,14,15). The average Bonchev–Trinajstić information content (AvgIpc) is 3.14. The van der Waals surface area contributed by atoms with Crippen LogP contribution in [0.15, 0.2) is 47.4 Å². The van der Waals surface area contributed by atoms with Crippen LogP contribution in [0, 0.1) is 18.8 Å². The SMILES string of the molecule is CCN(C)C(=O)c1cc(OC)ccc1C.O=C1NC(=O)C(C#Cc2ccc(S(=O)O)cc2)N1. The lowest BCUT2D eigenvalue weighted by molar-refractivity contribution is -0.119. The molecule has 3 rings (SSSR count). The molecular formula is C23H25N3O6S. The number of carbonyl (C=O) groups excluding carboxylic acids is 3. The summed E-state index contributed by atoms with van der Waals surface area (Å²) in [5.74, 6) is 5.56. The minimum absolute atomic E-state index is 0.0360. The van der Waals surface area contributed by atoms with Crippen LogP contribution in [0.4, 0.5) is 4.79 Å². The van der Waals surface area contributed by atoms with E-state index in [2.05, 4.69) is 22.5 Å². The van der Waals surface area contributed by atoms with Gasteiger partial charge in [0.05, 0.1) is 12.0 Å². The Morgan fingerprint density at radius 1 is 1.21 bits per heavy atom. The maximum atomic E-state index is 11.9. The van der Waals surface area contributed by atoms with Crippen LogP contribution in [0.1, 0.15) is 28.4 Å². The lowest BCUT2D eigenvalue weighted by atomic mass is 10.1. The number of nitrogens with one attached hydrogen (secondary N) is 2. The third kappa shape index (κ3) is 7.17. The van der Waals surface area contributed by atoms with Gasteiger partial charge in [0.15, 0.2) is 17.1 Å². The zero-order chi connectivity index (χ0) is 24.5. The van der Waals surface area contributed by atoms with Gasteiger partial charge in [0.25, 0.3) is 11.8 Å². The molecule has 1 saturated heterocycles. The van der Waals surface area contributed by atoms with E-state index in [-0.39, 0.29) is 10.8 Å². The molecule has 4 amide bonds. The Morgan fingerprint density at radius 3 is 2.39 bits per heavy atom. The molecule has 174 valence electrons. The highest BCUT2D eigenvalue weighted by atomic mass is 32.2. The Hall–Kier alpha value is -3.68. The summed E-state index contributed by atoms with van der Waals surface area (Å²) < 4.78 is 24.7. The monoisotopic (exact) mass is 471 g/mol. The lowest BCUT2D eigenvalue weighted by Crippen LogP contribution is -2.26. The summed E-state index contributed by atoms with van der Waals surface area (Å²) >= 11 is -2.02. The van der Waals surface area contributed by atoms with Crippen LogP contribution >= 0.6 is 0 Å².